The molecule has 2 unspecified atom stereocenters. The maximum atomic E-state index is 10.4. The molecule has 1 heterocycles. The molecule has 0 aliphatic carbocycles. The zero-order chi connectivity index (χ0) is 9.14. The van der Waals surface area contributed by atoms with Crippen molar-refractivity contribution in [1.82, 2.24) is 4.90 Å². The third kappa shape index (κ3) is 2.19. The van der Waals surface area contributed by atoms with Crippen LogP contribution in [0, 0.1) is 0 Å². The molecule has 0 saturated carbocycles. The number of carboxylic acid groups (broad SMARTS) is 1. The van der Waals surface area contributed by atoms with Crippen molar-refractivity contribution in [3.63, 3.8) is 0 Å². The van der Waals surface area contributed by atoms with E-state index in [0.717, 1.165) is 19.4 Å². The second-order valence-electron chi connectivity index (χ2n) is 3.41. The van der Waals surface area contributed by atoms with Crippen molar-refractivity contribution < 1.29 is 9.90 Å². The summed E-state index contributed by atoms with van der Waals surface area (Å²) in [5, 5.41) is 8.59. The van der Waals surface area contributed by atoms with Gasteiger partial charge in [-0.15, -0.1) is 0 Å². The molecule has 0 amide bonds. The quantitative estimate of drug-likeness (QED) is 0.609. The number of hydrogen-bond acceptors (Lipinski definition) is 3. The number of aliphatic carboxylic acids is 1. The van der Waals surface area contributed by atoms with E-state index in [1.54, 1.807) is 0 Å². The molecule has 0 aromatic rings. The van der Waals surface area contributed by atoms with Crippen LogP contribution in [0.2, 0.25) is 0 Å². The Balaban J connectivity index is 2.46. The standard InChI is InChI=1S/C8H16N2O2/c1-6-7(9)3-2-4-10(6)5-8(11)12/h6-7H,2-5,9H2,1H3,(H,11,12). The minimum absolute atomic E-state index is 0.120. The van der Waals surface area contributed by atoms with Gasteiger partial charge in [0.15, 0.2) is 0 Å². The SMILES string of the molecule is CC1C(N)CCCN1CC(=O)O. The van der Waals surface area contributed by atoms with Crippen LogP contribution in [0.15, 0.2) is 0 Å². The van der Waals surface area contributed by atoms with E-state index in [0.29, 0.717) is 0 Å². The Kier molecular flexibility index (Phi) is 3.05. The van der Waals surface area contributed by atoms with Gasteiger partial charge in [0.25, 0.3) is 0 Å². The topological polar surface area (TPSA) is 66.6 Å². The van der Waals surface area contributed by atoms with Gasteiger partial charge in [0.1, 0.15) is 0 Å². The van der Waals surface area contributed by atoms with Gasteiger partial charge < -0.3 is 10.8 Å². The van der Waals surface area contributed by atoms with Gasteiger partial charge in [-0.2, -0.15) is 0 Å². The average molecular weight is 172 g/mol. The predicted molar refractivity (Wildman–Crippen MR) is 45.9 cm³/mol. The Morgan fingerprint density at radius 2 is 2.42 bits per heavy atom. The van der Waals surface area contributed by atoms with E-state index in [1.165, 1.54) is 0 Å². The van der Waals surface area contributed by atoms with Gasteiger partial charge in [0.05, 0.1) is 6.54 Å². The number of nitrogens with two attached hydrogens (primary N) is 1. The highest BCUT2D eigenvalue weighted by molar-refractivity contribution is 5.69. The highest BCUT2D eigenvalue weighted by Crippen LogP contribution is 2.14. The lowest BCUT2D eigenvalue weighted by atomic mass is 9.98. The third-order valence-electron chi connectivity index (χ3n) is 2.52. The summed E-state index contributed by atoms with van der Waals surface area (Å²) in [5.41, 5.74) is 5.81. The number of hydrogen-bond donors (Lipinski definition) is 2. The van der Waals surface area contributed by atoms with E-state index >= 15 is 0 Å². The van der Waals surface area contributed by atoms with Crippen molar-refractivity contribution in [2.45, 2.75) is 31.8 Å². The van der Waals surface area contributed by atoms with E-state index < -0.39 is 5.97 Å². The lowest BCUT2D eigenvalue weighted by Crippen LogP contribution is -2.51. The highest BCUT2D eigenvalue weighted by atomic mass is 16.4. The molecular weight excluding hydrogens is 156 g/mol. The predicted octanol–water partition coefficient (Wildman–Crippen LogP) is -0.117. The Morgan fingerprint density at radius 3 is 3.00 bits per heavy atom. The van der Waals surface area contributed by atoms with Crippen LogP contribution >= 0.6 is 0 Å². The van der Waals surface area contributed by atoms with Gasteiger partial charge in [-0.1, -0.05) is 0 Å². The molecule has 4 nitrogen and oxygen atoms in total. The molecule has 70 valence electrons. The number of rotatable bonds is 2. The Hall–Kier alpha value is -0.610. The molecule has 0 bridgehead atoms. The van der Waals surface area contributed by atoms with E-state index in [1.807, 2.05) is 11.8 Å². The summed E-state index contributed by atoms with van der Waals surface area (Å²) in [6, 6.07) is 0.341. The molecule has 4 heteroatoms. The lowest BCUT2D eigenvalue weighted by Gasteiger charge is -2.36. The molecule has 1 fully saturated rings. The number of likely N-dealkylation sites (tertiary alicyclic amines) is 1. The number of nitrogens with zero attached hydrogens (tertiary/aromatic N) is 1. The molecule has 3 N–H and O–H groups in total. The first kappa shape index (κ1) is 9.48. The van der Waals surface area contributed by atoms with Crippen LogP contribution in [0.3, 0.4) is 0 Å². The fourth-order valence-corrected chi connectivity index (χ4v) is 1.64. The molecule has 1 aliphatic rings. The summed E-state index contributed by atoms with van der Waals surface area (Å²) >= 11 is 0. The van der Waals surface area contributed by atoms with E-state index in [2.05, 4.69) is 0 Å². The summed E-state index contributed by atoms with van der Waals surface area (Å²) in [4.78, 5) is 12.4. The molecule has 0 spiro atoms. The van der Waals surface area contributed by atoms with Gasteiger partial charge in [0.2, 0.25) is 0 Å². The molecule has 12 heavy (non-hydrogen) atoms. The summed E-state index contributed by atoms with van der Waals surface area (Å²) in [7, 11) is 0. The summed E-state index contributed by atoms with van der Waals surface area (Å²) < 4.78 is 0. The van der Waals surface area contributed by atoms with E-state index in [4.69, 9.17) is 10.8 Å². The van der Waals surface area contributed by atoms with Crippen LogP contribution < -0.4 is 5.73 Å². The molecule has 2 atom stereocenters. The average Bonchev–Trinajstić information content (AvgIpc) is 1.98. The highest BCUT2D eigenvalue weighted by Gasteiger charge is 2.25. The Labute approximate surface area is 72.3 Å². The lowest BCUT2D eigenvalue weighted by molar-refractivity contribution is -0.139. The smallest absolute Gasteiger partial charge is 0.317 e. The van der Waals surface area contributed by atoms with Crippen molar-refractivity contribution in [2.24, 2.45) is 5.73 Å². The molecule has 1 rings (SSSR count). The first-order chi connectivity index (χ1) is 5.61. The summed E-state index contributed by atoms with van der Waals surface area (Å²) in [6.07, 6.45) is 2.02. The van der Waals surface area contributed by atoms with Crippen molar-refractivity contribution >= 4 is 5.97 Å². The van der Waals surface area contributed by atoms with Crippen molar-refractivity contribution in [3.05, 3.63) is 0 Å². The van der Waals surface area contributed by atoms with Crippen LogP contribution in [-0.4, -0.2) is 41.1 Å². The van der Waals surface area contributed by atoms with Crippen LogP contribution in [0.25, 0.3) is 0 Å². The first-order valence-corrected chi connectivity index (χ1v) is 4.32. The summed E-state index contributed by atoms with van der Waals surface area (Å²) in [5.74, 6) is -0.768. The van der Waals surface area contributed by atoms with Crippen LogP contribution in [0.5, 0.6) is 0 Å². The molecule has 0 radical (unpaired) electrons. The van der Waals surface area contributed by atoms with E-state index in [9.17, 15) is 4.79 Å². The van der Waals surface area contributed by atoms with Crippen LogP contribution in [-0.2, 0) is 4.79 Å². The normalized spacial score (nSPS) is 31.8. The minimum atomic E-state index is -0.768. The number of carboxylic acids is 1. The monoisotopic (exact) mass is 172 g/mol. The maximum absolute atomic E-state index is 10.4. The van der Waals surface area contributed by atoms with E-state index in [-0.39, 0.29) is 18.6 Å². The zero-order valence-corrected chi connectivity index (χ0v) is 7.36. The van der Waals surface area contributed by atoms with Gasteiger partial charge in [-0.25, -0.2) is 0 Å². The molecule has 1 aliphatic heterocycles. The molecule has 0 aromatic heterocycles. The van der Waals surface area contributed by atoms with Crippen LogP contribution in [0.1, 0.15) is 19.8 Å². The Bertz CT molecular complexity index is 172. The zero-order valence-electron chi connectivity index (χ0n) is 7.36. The van der Waals surface area contributed by atoms with Crippen molar-refractivity contribution in [2.75, 3.05) is 13.1 Å². The second-order valence-corrected chi connectivity index (χ2v) is 3.41. The van der Waals surface area contributed by atoms with Crippen LogP contribution in [0.4, 0.5) is 0 Å². The van der Waals surface area contributed by atoms with Gasteiger partial charge >= 0.3 is 5.97 Å². The molecule has 0 aromatic carbocycles. The molecular formula is C8H16N2O2. The van der Waals surface area contributed by atoms with Gasteiger partial charge in [-0.05, 0) is 26.3 Å². The van der Waals surface area contributed by atoms with Crippen molar-refractivity contribution in [3.8, 4) is 0 Å². The van der Waals surface area contributed by atoms with Gasteiger partial charge in [-0.3, -0.25) is 9.69 Å². The fraction of sp³-hybridized carbons (Fsp3) is 0.875. The minimum Gasteiger partial charge on any atom is -0.480 e. The fourth-order valence-electron chi connectivity index (χ4n) is 1.64. The summed E-state index contributed by atoms with van der Waals surface area (Å²) in [6.45, 7) is 2.98. The Morgan fingerprint density at radius 1 is 1.75 bits per heavy atom. The largest absolute Gasteiger partial charge is 0.480 e. The maximum Gasteiger partial charge on any atom is 0.317 e. The second kappa shape index (κ2) is 3.87. The number of piperidine rings is 1. The van der Waals surface area contributed by atoms with Gasteiger partial charge in [0, 0.05) is 12.1 Å². The molecule has 1 saturated heterocycles. The third-order valence-corrected chi connectivity index (χ3v) is 2.52. The van der Waals surface area contributed by atoms with Crippen molar-refractivity contribution in [1.29, 1.82) is 0 Å². The first-order valence-electron chi connectivity index (χ1n) is 4.32. The number of carbonyl (C=O) groups is 1.